The van der Waals surface area contributed by atoms with Gasteiger partial charge >= 0.3 is 0 Å². The van der Waals surface area contributed by atoms with Gasteiger partial charge in [0.25, 0.3) is 0 Å². The number of hydrogen-bond acceptors (Lipinski definition) is 1. The Balaban J connectivity index is 2.04. The summed E-state index contributed by atoms with van der Waals surface area (Å²) in [5.41, 5.74) is 0.0376. The van der Waals surface area contributed by atoms with Crippen molar-refractivity contribution in [1.82, 2.24) is 0 Å². The Kier molecular flexibility index (Phi) is 3.11. The third-order valence-corrected chi connectivity index (χ3v) is 4.40. The number of ether oxygens (including phenoxy) is 1. The predicted octanol–water partition coefficient (Wildman–Crippen LogP) is 4.00. The first kappa shape index (κ1) is 11.7. The average molecular weight is 243 g/mol. The second kappa shape index (κ2) is 4.25. The van der Waals surface area contributed by atoms with Gasteiger partial charge in [0.2, 0.25) is 0 Å². The van der Waals surface area contributed by atoms with Crippen LogP contribution in [0, 0.1) is 11.2 Å². The molecule has 0 aromatic heterocycles. The maximum Gasteiger partial charge on any atom is 0.123 e. The molecule has 0 aliphatic heterocycles. The van der Waals surface area contributed by atoms with E-state index in [-0.39, 0.29) is 22.7 Å². The lowest BCUT2D eigenvalue weighted by molar-refractivity contribution is -0.0295. The van der Waals surface area contributed by atoms with Gasteiger partial charge in [-0.15, -0.1) is 11.6 Å². The third-order valence-electron chi connectivity index (χ3n) is 3.73. The molecule has 88 valence electrons. The van der Waals surface area contributed by atoms with E-state index in [9.17, 15) is 4.39 Å². The molecule has 0 saturated heterocycles. The van der Waals surface area contributed by atoms with Crippen LogP contribution in [0.2, 0.25) is 0 Å². The minimum Gasteiger partial charge on any atom is -0.490 e. The van der Waals surface area contributed by atoms with E-state index in [1.807, 2.05) is 0 Å². The quantitative estimate of drug-likeness (QED) is 0.728. The summed E-state index contributed by atoms with van der Waals surface area (Å²) in [5, 5.41) is 0.183. The zero-order chi connectivity index (χ0) is 11.8. The first-order valence-corrected chi connectivity index (χ1v) is 6.06. The summed E-state index contributed by atoms with van der Waals surface area (Å²) < 4.78 is 18.6. The van der Waals surface area contributed by atoms with Crippen LogP contribution < -0.4 is 4.74 Å². The highest BCUT2D eigenvalue weighted by molar-refractivity contribution is 6.21. The fourth-order valence-corrected chi connectivity index (χ4v) is 2.53. The summed E-state index contributed by atoms with van der Waals surface area (Å²) >= 11 is 6.20. The van der Waals surface area contributed by atoms with Gasteiger partial charge < -0.3 is 4.74 Å². The van der Waals surface area contributed by atoms with Gasteiger partial charge in [-0.2, -0.15) is 0 Å². The van der Waals surface area contributed by atoms with Gasteiger partial charge in [0.1, 0.15) is 17.7 Å². The molecule has 1 aliphatic rings. The van der Waals surface area contributed by atoms with Crippen molar-refractivity contribution in [3.63, 3.8) is 0 Å². The Bertz CT molecular complexity index is 365. The SMILES string of the molecule is CCC1(C)C(Cl)CC1Oc1ccc(F)cc1. The van der Waals surface area contributed by atoms with Crippen LogP contribution in [-0.2, 0) is 0 Å². The molecule has 0 radical (unpaired) electrons. The molecule has 1 aromatic rings. The van der Waals surface area contributed by atoms with E-state index in [2.05, 4.69) is 13.8 Å². The predicted molar refractivity (Wildman–Crippen MR) is 63.5 cm³/mol. The smallest absolute Gasteiger partial charge is 0.123 e. The number of rotatable bonds is 3. The van der Waals surface area contributed by atoms with E-state index in [0.717, 1.165) is 18.6 Å². The second-order valence-corrected chi connectivity index (χ2v) is 5.15. The van der Waals surface area contributed by atoms with Gasteiger partial charge in [-0.3, -0.25) is 0 Å². The Hall–Kier alpha value is -0.760. The monoisotopic (exact) mass is 242 g/mol. The van der Waals surface area contributed by atoms with E-state index in [4.69, 9.17) is 16.3 Å². The minimum atomic E-state index is -0.241. The first-order chi connectivity index (χ1) is 7.56. The standard InChI is InChI=1S/C13H16ClFO/c1-3-13(2)11(14)8-12(13)16-10-6-4-9(15)5-7-10/h4-7,11-12H,3,8H2,1-2H3. The first-order valence-electron chi connectivity index (χ1n) is 5.62. The molecule has 1 saturated carbocycles. The van der Waals surface area contributed by atoms with Crippen molar-refractivity contribution >= 4 is 11.6 Å². The van der Waals surface area contributed by atoms with Crippen molar-refractivity contribution in [2.45, 2.75) is 38.2 Å². The summed E-state index contributed by atoms with van der Waals surface area (Å²) in [6, 6.07) is 6.14. The lowest BCUT2D eigenvalue weighted by atomic mass is 9.65. The molecule has 0 N–H and O–H groups in total. The van der Waals surface area contributed by atoms with Crippen LogP contribution in [0.1, 0.15) is 26.7 Å². The highest BCUT2D eigenvalue weighted by Gasteiger charge is 2.51. The van der Waals surface area contributed by atoms with Crippen molar-refractivity contribution < 1.29 is 9.13 Å². The Morgan fingerprint density at radius 3 is 2.56 bits per heavy atom. The summed E-state index contributed by atoms with van der Waals surface area (Å²) in [7, 11) is 0. The molecule has 0 heterocycles. The Morgan fingerprint density at radius 2 is 2.06 bits per heavy atom. The minimum absolute atomic E-state index is 0.0376. The van der Waals surface area contributed by atoms with E-state index in [1.165, 1.54) is 12.1 Å². The van der Waals surface area contributed by atoms with Gasteiger partial charge in [-0.05, 0) is 30.7 Å². The zero-order valence-corrected chi connectivity index (χ0v) is 10.3. The highest BCUT2D eigenvalue weighted by Crippen LogP contribution is 2.49. The largest absolute Gasteiger partial charge is 0.490 e. The maximum absolute atomic E-state index is 12.7. The van der Waals surface area contributed by atoms with Crippen LogP contribution in [0.25, 0.3) is 0 Å². The van der Waals surface area contributed by atoms with E-state index in [0.29, 0.717) is 0 Å². The number of hydrogen-bond donors (Lipinski definition) is 0. The fraction of sp³-hybridized carbons (Fsp3) is 0.538. The molecule has 0 spiro atoms. The molecule has 0 bridgehead atoms. The molecule has 2 rings (SSSR count). The fourth-order valence-electron chi connectivity index (χ4n) is 2.08. The molecule has 1 aliphatic carbocycles. The average Bonchev–Trinajstić information content (AvgIpc) is 2.30. The summed E-state index contributed by atoms with van der Waals surface area (Å²) in [4.78, 5) is 0. The van der Waals surface area contributed by atoms with Gasteiger partial charge in [-0.25, -0.2) is 4.39 Å². The molecule has 3 heteroatoms. The summed E-state index contributed by atoms with van der Waals surface area (Å²) in [6.07, 6.45) is 2.00. The topological polar surface area (TPSA) is 9.23 Å². The maximum atomic E-state index is 12.7. The zero-order valence-electron chi connectivity index (χ0n) is 9.54. The van der Waals surface area contributed by atoms with Crippen molar-refractivity contribution in [3.8, 4) is 5.75 Å². The molecule has 1 fully saturated rings. The third kappa shape index (κ3) is 1.91. The molecule has 3 atom stereocenters. The lowest BCUT2D eigenvalue weighted by Crippen LogP contribution is -2.55. The van der Waals surface area contributed by atoms with Crippen LogP contribution in [-0.4, -0.2) is 11.5 Å². The van der Waals surface area contributed by atoms with Gasteiger partial charge in [0.05, 0.1) is 0 Å². The normalized spacial score (nSPS) is 33.2. The van der Waals surface area contributed by atoms with Crippen molar-refractivity contribution in [2.24, 2.45) is 5.41 Å². The Morgan fingerprint density at radius 1 is 1.44 bits per heavy atom. The van der Waals surface area contributed by atoms with Crippen LogP contribution in [0.5, 0.6) is 5.75 Å². The van der Waals surface area contributed by atoms with E-state index < -0.39 is 0 Å². The molecule has 16 heavy (non-hydrogen) atoms. The van der Waals surface area contributed by atoms with Crippen LogP contribution in [0.3, 0.4) is 0 Å². The molecule has 1 nitrogen and oxygen atoms in total. The lowest BCUT2D eigenvalue weighted by Gasteiger charge is -2.50. The van der Waals surface area contributed by atoms with Crippen molar-refractivity contribution in [2.75, 3.05) is 0 Å². The molecular weight excluding hydrogens is 227 g/mol. The van der Waals surface area contributed by atoms with E-state index >= 15 is 0 Å². The van der Waals surface area contributed by atoms with Crippen molar-refractivity contribution in [3.05, 3.63) is 30.1 Å². The van der Waals surface area contributed by atoms with Crippen molar-refractivity contribution in [1.29, 1.82) is 0 Å². The summed E-state index contributed by atoms with van der Waals surface area (Å²) in [5.74, 6) is 0.476. The van der Waals surface area contributed by atoms with Gasteiger partial charge in [0, 0.05) is 17.2 Å². The summed E-state index contributed by atoms with van der Waals surface area (Å²) in [6.45, 7) is 4.26. The molecule has 3 unspecified atom stereocenters. The Labute approximate surface area is 101 Å². The van der Waals surface area contributed by atoms with E-state index in [1.54, 1.807) is 12.1 Å². The number of halogens is 2. The number of alkyl halides is 1. The molecule has 1 aromatic carbocycles. The van der Waals surface area contributed by atoms with Crippen LogP contribution >= 0.6 is 11.6 Å². The van der Waals surface area contributed by atoms with Gasteiger partial charge in [-0.1, -0.05) is 13.8 Å². The second-order valence-electron chi connectivity index (χ2n) is 4.62. The molecular formula is C13H16ClFO. The highest BCUT2D eigenvalue weighted by atomic mass is 35.5. The van der Waals surface area contributed by atoms with Crippen LogP contribution in [0.15, 0.2) is 24.3 Å². The number of benzene rings is 1. The van der Waals surface area contributed by atoms with Crippen LogP contribution in [0.4, 0.5) is 4.39 Å². The van der Waals surface area contributed by atoms with Gasteiger partial charge in [0.15, 0.2) is 0 Å². The molecule has 0 amide bonds.